The van der Waals surface area contributed by atoms with Gasteiger partial charge in [-0.3, -0.25) is 0 Å². The lowest BCUT2D eigenvalue weighted by atomic mass is 10.0. The van der Waals surface area contributed by atoms with Gasteiger partial charge in [-0.05, 0) is 73.2 Å². The molecule has 7 nitrogen and oxygen atoms in total. The number of rotatable bonds is 12. The van der Waals surface area contributed by atoms with Gasteiger partial charge in [0.15, 0.2) is 11.5 Å². The number of aromatic carboxylic acids is 2. The molecule has 0 atom stereocenters. The molecule has 0 amide bonds. The van der Waals surface area contributed by atoms with E-state index < -0.39 is 11.9 Å². The zero-order valence-corrected chi connectivity index (χ0v) is 21.4. The van der Waals surface area contributed by atoms with Crippen molar-refractivity contribution in [3.8, 4) is 11.5 Å². The first kappa shape index (κ1) is 26.1. The van der Waals surface area contributed by atoms with Gasteiger partial charge >= 0.3 is 11.9 Å². The standard InChI is InChI=1S/C30H34N2O5/c1-3-5-14-32(15-6-4-2)23-9-7-8-20(16-23)10-11-21-12-13-25-26(17-21)37-27-19-22(29(33)34)18-24(30(35)36)28(27)31-25/h7-9,12-13,16-19,31H,3-6,10-11,14-15H2,1-2H3,(H,33,34)(H,35,36). The molecule has 0 unspecified atom stereocenters. The summed E-state index contributed by atoms with van der Waals surface area (Å²) in [5.41, 5.74) is 4.25. The molecule has 1 heterocycles. The fourth-order valence-corrected chi connectivity index (χ4v) is 4.55. The molecule has 3 aromatic rings. The summed E-state index contributed by atoms with van der Waals surface area (Å²) in [7, 11) is 0. The Bertz CT molecular complexity index is 1280. The van der Waals surface area contributed by atoms with Gasteiger partial charge in [-0.2, -0.15) is 0 Å². The number of anilines is 3. The van der Waals surface area contributed by atoms with E-state index in [1.807, 2.05) is 18.2 Å². The van der Waals surface area contributed by atoms with E-state index in [1.165, 1.54) is 43.0 Å². The number of carbonyl (C=O) groups is 2. The van der Waals surface area contributed by atoms with E-state index in [2.05, 4.69) is 48.3 Å². The third-order valence-corrected chi connectivity index (χ3v) is 6.65. The van der Waals surface area contributed by atoms with E-state index in [0.29, 0.717) is 11.4 Å². The molecule has 0 spiro atoms. The van der Waals surface area contributed by atoms with Crippen LogP contribution in [-0.2, 0) is 12.8 Å². The second-order valence-electron chi connectivity index (χ2n) is 9.43. The van der Waals surface area contributed by atoms with Crippen molar-refractivity contribution in [2.75, 3.05) is 23.3 Å². The molecular formula is C30H34N2O5. The molecule has 7 heteroatoms. The number of ether oxygens (including phenoxy) is 1. The zero-order chi connectivity index (χ0) is 26.4. The molecule has 0 radical (unpaired) electrons. The zero-order valence-electron chi connectivity index (χ0n) is 21.4. The fourth-order valence-electron chi connectivity index (χ4n) is 4.55. The second kappa shape index (κ2) is 11.8. The SMILES string of the molecule is CCCCN(CCCC)c1cccc(CCc2ccc3c(c2)Oc2cc(C(=O)O)cc(C(=O)O)c2N3)c1. The normalized spacial score (nSPS) is 11.6. The largest absolute Gasteiger partial charge is 0.478 e. The van der Waals surface area contributed by atoms with Crippen LogP contribution < -0.4 is 15.0 Å². The number of fused-ring (bicyclic) bond motifs is 2. The maximum Gasteiger partial charge on any atom is 0.337 e. The molecule has 1 aliphatic heterocycles. The van der Waals surface area contributed by atoms with Gasteiger partial charge in [0.05, 0.1) is 22.5 Å². The first-order chi connectivity index (χ1) is 17.9. The van der Waals surface area contributed by atoms with E-state index in [1.54, 1.807) is 0 Å². The van der Waals surface area contributed by atoms with Crippen molar-refractivity contribution in [3.63, 3.8) is 0 Å². The number of unbranched alkanes of at least 4 members (excludes halogenated alkanes) is 2. The highest BCUT2D eigenvalue weighted by Gasteiger charge is 2.25. The van der Waals surface area contributed by atoms with E-state index in [0.717, 1.165) is 37.6 Å². The Morgan fingerprint density at radius 2 is 1.54 bits per heavy atom. The van der Waals surface area contributed by atoms with Crippen molar-refractivity contribution in [3.05, 3.63) is 76.9 Å². The number of hydrogen-bond acceptors (Lipinski definition) is 5. The Morgan fingerprint density at radius 3 is 2.19 bits per heavy atom. The van der Waals surface area contributed by atoms with Crippen molar-refractivity contribution in [1.82, 2.24) is 0 Å². The highest BCUT2D eigenvalue weighted by Crippen LogP contribution is 2.44. The number of nitrogens with one attached hydrogen (secondary N) is 1. The highest BCUT2D eigenvalue weighted by molar-refractivity contribution is 6.02. The topological polar surface area (TPSA) is 99.1 Å². The molecule has 0 bridgehead atoms. The van der Waals surface area contributed by atoms with Crippen molar-refractivity contribution < 1.29 is 24.5 Å². The average Bonchev–Trinajstić information content (AvgIpc) is 2.90. The third-order valence-electron chi connectivity index (χ3n) is 6.65. The van der Waals surface area contributed by atoms with Gasteiger partial charge in [-0.1, -0.05) is 44.9 Å². The molecule has 0 saturated carbocycles. The summed E-state index contributed by atoms with van der Waals surface area (Å²) >= 11 is 0. The van der Waals surface area contributed by atoms with Crippen LogP contribution in [-0.4, -0.2) is 35.2 Å². The summed E-state index contributed by atoms with van der Waals surface area (Å²) in [4.78, 5) is 25.7. The molecule has 37 heavy (non-hydrogen) atoms. The lowest BCUT2D eigenvalue weighted by Gasteiger charge is -2.25. The lowest BCUT2D eigenvalue weighted by Crippen LogP contribution is -2.25. The number of carboxylic acids is 2. The summed E-state index contributed by atoms with van der Waals surface area (Å²) < 4.78 is 5.98. The fraction of sp³-hybridized carbons (Fsp3) is 0.333. The molecule has 4 rings (SSSR count). The van der Waals surface area contributed by atoms with E-state index in [9.17, 15) is 19.8 Å². The minimum absolute atomic E-state index is 0.135. The molecule has 194 valence electrons. The van der Waals surface area contributed by atoms with Gasteiger partial charge < -0.3 is 25.2 Å². The van der Waals surface area contributed by atoms with Crippen molar-refractivity contribution in [1.29, 1.82) is 0 Å². The molecule has 0 aliphatic carbocycles. The number of nitrogens with zero attached hydrogens (tertiary/aromatic N) is 1. The molecule has 0 aromatic heterocycles. The number of carboxylic acid groups (broad SMARTS) is 2. The Balaban J connectivity index is 1.49. The number of benzene rings is 3. The van der Waals surface area contributed by atoms with E-state index >= 15 is 0 Å². The molecule has 3 aromatic carbocycles. The van der Waals surface area contributed by atoms with Crippen LogP contribution in [0, 0.1) is 0 Å². The summed E-state index contributed by atoms with van der Waals surface area (Å²) in [6, 6.07) is 17.1. The van der Waals surface area contributed by atoms with Gasteiger partial charge in [-0.15, -0.1) is 0 Å². The Hall–Kier alpha value is -4.00. The maximum absolute atomic E-state index is 11.7. The van der Waals surface area contributed by atoms with Crippen LogP contribution in [0.3, 0.4) is 0 Å². The summed E-state index contributed by atoms with van der Waals surface area (Å²) in [6.07, 6.45) is 6.41. The van der Waals surface area contributed by atoms with Gasteiger partial charge in [0, 0.05) is 18.8 Å². The van der Waals surface area contributed by atoms with Crippen molar-refractivity contribution in [2.45, 2.75) is 52.4 Å². The van der Waals surface area contributed by atoms with Gasteiger partial charge in [0.1, 0.15) is 0 Å². The van der Waals surface area contributed by atoms with E-state index in [4.69, 9.17) is 4.74 Å². The van der Waals surface area contributed by atoms with Crippen LogP contribution in [0.2, 0.25) is 0 Å². The minimum atomic E-state index is -1.22. The Morgan fingerprint density at radius 1 is 0.838 bits per heavy atom. The lowest BCUT2D eigenvalue weighted by molar-refractivity contribution is 0.0696. The molecule has 0 fully saturated rings. The predicted molar refractivity (Wildman–Crippen MR) is 146 cm³/mol. The minimum Gasteiger partial charge on any atom is -0.478 e. The summed E-state index contributed by atoms with van der Waals surface area (Å²) in [5.74, 6) is -1.70. The second-order valence-corrected chi connectivity index (χ2v) is 9.43. The summed E-state index contributed by atoms with van der Waals surface area (Å²) in [6.45, 7) is 6.59. The van der Waals surface area contributed by atoms with Crippen LogP contribution in [0.1, 0.15) is 71.4 Å². The van der Waals surface area contributed by atoms with Gasteiger partial charge in [-0.25, -0.2) is 9.59 Å². The molecule has 0 saturated heterocycles. The predicted octanol–water partition coefficient (Wildman–Crippen LogP) is 7.12. The Labute approximate surface area is 217 Å². The first-order valence-electron chi connectivity index (χ1n) is 13.0. The van der Waals surface area contributed by atoms with Crippen LogP contribution in [0.15, 0.2) is 54.6 Å². The first-order valence-corrected chi connectivity index (χ1v) is 13.0. The smallest absolute Gasteiger partial charge is 0.337 e. The Kier molecular flexibility index (Phi) is 8.33. The molecular weight excluding hydrogens is 468 g/mol. The number of hydrogen-bond donors (Lipinski definition) is 3. The van der Waals surface area contributed by atoms with Gasteiger partial charge in [0.2, 0.25) is 0 Å². The van der Waals surface area contributed by atoms with Crippen LogP contribution in [0.25, 0.3) is 0 Å². The average molecular weight is 503 g/mol. The summed E-state index contributed by atoms with van der Waals surface area (Å²) in [5, 5.41) is 22.0. The quantitative estimate of drug-likeness (QED) is 0.190. The van der Waals surface area contributed by atoms with Crippen LogP contribution >= 0.6 is 0 Å². The van der Waals surface area contributed by atoms with Crippen molar-refractivity contribution in [2.24, 2.45) is 0 Å². The monoisotopic (exact) mass is 502 g/mol. The third kappa shape index (κ3) is 6.23. The molecule has 1 aliphatic rings. The van der Waals surface area contributed by atoms with Crippen LogP contribution in [0.5, 0.6) is 11.5 Å². The van der Waals surface area contributed by atoms with Crippen molar-refractivity contribution >= 4 is 29.0 Å². The highest BCUT2D eigenvalue weighted by atomic mass is 16.5. The van der Waals surface area contributed by atoms with Gasteiger partial charge in [0.25, 0.3) is 0 Å². The maximum atomic E-state index is 11.7. The van der Waals surface area contributed by atoms with E-state index in [-0.39, 0.29) is 22.6 Å². The number of aryl methyl sites for hydroxylation is 2. The molecule has 3 N–H and O–H groups in total. The van der Waals surface area contributed by atoms with Crippen LogP contribution in [0.4, 0.5) is 17.1 Å².